The fourth-order valence-electron chi connectivity index (χ4n) is 4.35. The van der Waals surface area contributed by atoms with Crippen LogP contribution in [-0.4, -0.2) is 88.5 Å². The molecule has 2 heterocycles. The number of H-pyrrole nitrogens is 1. The lowest BCUT2D eigenvalue weighted by Gasteiger charge is -2.24. The quantitative estimate of drug-likeness (QED) is 0.309. The summed E-state index contributed by atoms with van der Waals surface area (Å²) in [6.07, 6.45) is -1.22. The minimum absolute atomic E-state index is 0.0616. The molecule has 13 heteroatoms. The van der Waals surface area contributed by atoms with Gasteiger partial charge >= 0.3 is 0 Å². The third-order valence-corrected chi connectivity index (χ3v) is 6.69. The summed E-state index contributed by atoms with van der Waals surface area (Å²) in [5.74, 6) is -1.92. The van der Waals surface area contributed by atoms with Gasteiger partial charge in [-0.05, 0) is 62.7 Å². The van der Waals surface area contributed by atoms with Crippen LogP contribution < -0.4 is 20.7 Å². The van der Waals surface area contributed by atoms with Gasteiger partial charge < -0.3 is 35.7 Å². The summed E-state index contributed by atoms with van der Waals surface area (Å²) in [5.41, 5.74) is 2.06. The smallest absolute Gasteiger partial charge is 0.274 e. The topological polar surface area (TPSA) is 166 Å². The number of amides is 4. The number of carbonyl (C=O) groups excluding carboxylic acids is 4. The molecular weight excluding hydrogens is 547 g/mol. The highest BCUT2D eigenvalue weighted by molar-refractivity contribution is 5.98. The molecule has 42 heavy (non-hydrogen) atoms. The molecule has 1 aliphatic rings. The Bertz CT molecular complexity index is 1470. The number of ether oxygens (including phenoxy) is 1. The van der Waals surface area contributed by atoms with Gasteiger partial charge in [0.25, 0.3) is 11.8 Å². The largest absolute Gasteiger partial charge is 0.491 e. The summed E-state index contributed by atoms with van der Waals surface area (Å²) < 4.78 is 19.1. The monoisotopic (exact) mass is 580 g/mol. The maximum absolute atomic E-state index is 13.6. The van der Waals surface area contributed by atoms with Crippen LogP contribution in [0.5, 0.6) is 5.75 Å². The molecular formula is C29H33FN6O6. The number of hydrogen-bond acceptors (Lipinski definition) is 7. The Kier molecular flexibility index (Phi) is 9.53. The Hall–Kier alpha value is -4.78. The van der Waals surface area contributed by atoms with E-state index in [4.69, 9.17) is 4.74 Å². The first-order valence-electron chi connectivity index (χ1n) is 13.4. The first-order valence-corrected chi connectivity index (χ1v) is 13.4. The van der Waals surface area contributed by atoms with E-state index in [0.717, 1.165) is 5.56 Å². The lowest BCUT2D eigenvalue weighted by Crippen LogP contribution is -2.53. The molecule has 3 aromatic rings. The summed E-state index contributed by atoms with van der Waals surface area (Å²) >= 11 is 0. The van der Waals surface area contributed by atoms with Crippen molar-refractivity contribution in [2.24, 2.45) is 0 Å². The average Bonchev–Trinajstić information content (AvgIpc) is 3.34. The number of imidazole rings is 1. The van der Waals surface area contributed by atoms with Gasteiger partial charge in [-0.15, -0.1) is 0 Å². The van der Waals surface area contributed by atoms with Crippen molar-refractivity contribution >= 4 is 23.6 Å². The van der Waals surface area contributed by atoms with Gasteiger partial charge in [-0.1, -0.05) is 6.07 Å². The number of nitrogens with zero attached hydrogens (tertiary/aromatic N) is 2. The number of benzene rings is 2. The highest BCUT2D eigenvalue weighted by atomic mass is 19.1. The van der Waals surface area contributed by atoms with E-state index in [1.807, 2.05) is 0 Å². The van der Waals surface area contributed by atoms with Crippen molar-refractivity contribution in [2.75, 3.05) is 32.8 Å². The highest BCUT2D eigenvalue weighted by Crippen LogP contribution is 2.21. The molecule has 0 radical (unpaired) electrons. The molecule has 2 bridgehead atoms. The van der Waals surface area contributed by atoms with E-state index in [0.29, 0.717) is 22.8 Å². The van der Waals surface area contributed by atoms with Gasteiger partial charge in [0.05, 0.1) is 19.2 Å². The Morgan fingerprint density at radius 3 is 2.50 bits per heavy atom. The van der Waals surface area contributed by atoms with Crippen LogP contribution in [0.2, 0.25) is 0 Å². The number of aliphatic hydroxyl groups excluding tert-OH is 1. The van der Waals surface area contributed by atoms with Crippen molar-refractivity contribution in [2.45, 2.75) is 32.9 Å². The van der Waals surface area contributed by atoms with Crippen molar-refractivity contribution < 1.29 is 33.4 Å². The third kappa shape index (κ3) is 7.29. The molecule has 4 amide bonds. The normalized spacial score (nSPS) is 17.8. The number of aromatic nitrogens is 2. The third-order valence-electron chi connectivity index (χ3n) is 6.69. The van der Waals surface area contributed by atoms with Crippen LogP contribution in [0.3, 0.4) is 0 Å². The number of aryl methyl sites for hydroxylation is 2. The van der Waals surface area contributed by atoms with Gasteiger partial charge in [0, 0.05) is 29.9 Å². The summed E-state index contributed by atoms with van der Waals surface area (Å²) in [6, 6.07) is 9.11. The maximum Gasteiger partial charge on any atom is 0.274 e. The molecule has 4 rings (SSSR count). The lowest BCUT2D eigenvalue weighted by atomic mass is 10.1. The molecule has 0 unspecified atom stereocenters. The molecule has 0 spiro atoms. The minimum atomic E-state index is -1.28. The van der Waals surface area contributed by atoms with Gasteiger partial charge in [0.15, 0.2) is 0 Å². The van der Waals surface area contributed by atoms with E-state index < -0.39 is 41.6 Å². The van der Waals surface area contributed by atoms with Gasteiger partial charge in [-0.25, -0.2) is 9.37 Å². The number of halogens is 1. The number of carbonyl (C=O) groups is 4. The van der Waals surface area contributed by atoms with Crippen LogP contribution in [0.15, 0.2) is 42.5 Å². The number of rotatable bonds is 3. The van der Waals surface area contributed by atoms with E-state index in [-0.39, 0.29) is 44.0 Å². The van der Waals surface area contributed by atoms with Crippen molar-refractivity contribution in [3.05, 3.63) is 70.8 Å². The molecule has 2 atom stereocenters. The van der Waals surface area contributed by atoms with Crippen LogP contribution in [-0.2, 0) is 9.59 Å². The maximum atomic E-state index is 13.6. The standard InChI is InChI=1S/C29H33FN6O6/c1-16-4-5-20-14-22(16)42-13-11-31-23(38)15-36(12-10-32-28(40)25(18(3)37)35-27(20)39)29(41)24-17(2)33-26(34-24)19-6-8-21(30)9-7-19/h4-9,14,18,25,37H,10-13,15H2,1-3H3,(H,31,38)(H,32,40)(H,33,34)(H,35,39)/t18-,25+/m1/s1. The molecule has 2 aromatic carbocycles. The number of aromatic amines is 1. The molecule has 12 nitrogen and oxygen atoms in total. The van der Waals surface area contributed by atoms with E-state index in [1.165, 1.54) is 42.2 Å². The van der Waals surface area contributed by atoms with E-state index in [2.05, 4.69) is 25.9 Å². The van der Waals surface area contributed by atoms with Gasteiger partial charge in [-0.2, -0.15) is 0 Å². The molecule has 5 N–H and O–H groups in total. The summed E-state index contributed by atoms with van der Waals surface area (Å²) in [6.45, 7) is 4.56. The van der Waals surface area contributed by atoms with E-state index >= 15 is 0 Å². The van der Waals surface area contributed by atoms with Crippen LogP contribution in [0.25, 0.3) is 11.4 Å². The van der Waals surface area contributed by atoms with Crippen LogP contribution in [0, 0.1) is 19.7 Å². The zero-order valence-corrected chi connectivity index (χ0v) is 23.5. The Balaban J connectivity index is 1.56. The second-order valence-corrected chi connectivity index (χ2v) is 9.95. The highest BCUT2D eigenvalue weighted by Gasteiger charge is 2.28. The average molecular weight is 581 g/mol. The summed E-state index contributed by atoms with van der Waals surface area (Å²) in [4.78, 5) is 60.8. The van der Waals surface area contributed by atoms with Gasteiger partial charge in [0.2, 0.25) is 11.8 Å². The molecule has 0 fully saturated rings. The SMILES string of the molecule is Cc1ccc2cc1OCCNC(=O)CN(C(=O)c1nc(-c3ccc(F)cc3)[nH]c1C)CCNC(=O)[C@H]([C@@H](C)O)NC2=O. The van der Waals surface area contributed by atoms with Crippen LogP contribution >= 0.6 is 0 Å². The lowest BCUT2D eigenvalue weighted by molar-refractivity contribution is -0.125. The molecule has 1 aromatic heterocycles. The number of nitrogens with one attached hydrogen (secondary N) is 4. The van der Waals surface area contributed by atoms with E-state index in [1.54, 1.807) is 26.0 Å². The molecule has 0 aliphatic carbocycles. The predicted octanol–water partition coefficient (Wildman–Crippen LogP) is 1.08. The number of fused-ring (bicyclic) bond motifs is 2. The van der Waals surface area contributed by atoms with Crippen molar-refractivity contribution in [1.82, 2.24) is 30.8 Å². The second-order valence-electron chi connectivity index (χ2n) is 9.95. The van der Waals surface area contributed by atoms with E-state index in [9.17, 15) is 28.7 Å². The van der Waals surface area contributed by atoms with Crippen LogP contribution in [0.1, 0.15) is 39.0 Å². The molecule has 1 aliphatic heterocycles. The first kappa shape index (κ1) is 30.2. The Labute approximate surface area is 241 Å². The fourth-order valence-corrected chi connectivity index (χ4v) is 4.35. The van der Waals surface area contributed by atoms with Gasteiger partial charge in [-0.3, -0.25) is 19.2 Å². The van der Waals surface area contributed by atoms with Crippen molar-refractivity contribution in [1.29, 1.82) is 0 Å². The van der Waals surface area contributed by atoms with Gasteiger partial charge in [0.1, 0.15) is 35.7 Å². The molecule has 0 saturated heterocycles. The fraction of sp³-hybridized carbons (Fsp3) is 0.345. The predicted molar refractivity (Wildman–Crippen MR) is 150 cm³/mol. The summed E-state index contributed by atoms with van der Waals surface area (Å²) in [7, 11) is 0. The minimum Gasteiger partial charge on any atom is -0.491 e. The number of hydrogen-bond donors (Lipinski definition) is 5. The molecule has 222 valence electrons. The Morgan fingerprint density at radius 2 is 1.79 bits per heavy atom. The first-order chi connectivity index (χ1) is 20.0. The molecule has 0 saturated carbocycles. The number of aliphatic hydroxyl groups is 1. The van der Waals surface area contributed by atoms with Crippen LogP contribution in [0.4, 0.5) is 4.39 Å². The van der Waals surface area contributed by atoms with Crippen molar-refractivity contribution in [3.8, 4) is 17.1 Å². The zero-order chi connectivity index (χ0) is 30.4. The van der Waals surface area contributed by atoms with Crippen molar-refractivity contribution in [3.63, 3.8) is 0 Å². The zero-order valence-electron chi connectivity index (χ0n) is 23.5. The Morgan fingerprint density at radius 1 is 1.07 bits per heavy atom. The summed E-state index contributed by atoms with van der Waals surface area (Å²) in [5, 5.41) is 18.1. The second kappa shape index (κ2) is 13.3.